The fourth-order valence-corrected chi connectivity index (χ4v) is 2.39. The molecule has 0 aliphatic heterocycles. The Bertz CT molecular complexity index is 771. The number of benzene rings is 2. The maximum Gasteiger partial charge on any atom is 0.269 e. The van der Waals surface area contributed by atoms with Crippen LogP contribution >= 0.6 is 0 Å². The van der Waals surface area contributed by atoms with Crippen LogP contribution in [-0.2, 0) is 16.1 Å². The van der Waals surface area contributed by atoms with E-state index in [4.69, 9.17) is 0 Å². The summed E-state index contributed by atoms with van der Waals surface area (Å²) in [5, 5.41) is 2.75. The van der Waals surface area contributed by atoms with E-state index in [1.807, 2.05) is 42.5 Å². The second-order valence-electron chi connectivity index (χ2n) is 6.54. The van der Waals surface area contributed by atoms with Gasteiger partial charge < -0.3 is 5.32 Å². The van der Waals surface area contributed by atoms with Gasteiger partial charge in [0.05, 0.1) is 0 Å². The molecule has 6 nitrogen and oxygen atoms in total. The summed E-state index contributed by atoms with van der Waals surface area (Å²) >= 11 is 0. The van der Waals surface area contributed by atoms with E-state index in [1.165, 1.54) is 0 Å². The normalized spacial score (nSPS) is 10.3. The molecule has 3 N–H and O–H groups in total. The number of rotatable bonds is 7. The zero-order chi connectivity index (χ0) is 19.6. The van der Waals surface area contributed by atoms with Crippen molar-refractivity contribution in [3.63, 3.8) is 0 Å². The van der Waals surface area contributed by atoms with Crippen molar-refractivity contribution in [3.05, 3.63) is 71.3 Å². The molecule has 0 fully saturated rings. The van der Waals surface area contributed by atoms with E-state index in [2.05, 4.69) is 30.0 Å². The molecule has 0 aliphatic carbocycles. The van der Waals surface area contributed by atoms with Gasteiger partial charge in [0.2, 0.25) is 11.8 Å². The lowest BCUT2D eigenvalue weighted by Gasteiger charge is -2.09. The summed E-state index contributed by atoms with van der Waals surface area (Å²) in [6.45, 7) is 4.57. The molecule has 2 aromatic rings. The van der Waals surface area contributed by atoms with E-state index >= 15 is 0 Å². The minimum atomic E-state index is -0.419. The minimum Gasteiger partial charge on any atom is -0.352 e. The van der Waals surface area contributed by atoms with Gasteiger partial charge in [-0.15, -0.1) is 0 Å². The first-order valence-corrected chi connectivity index (χ1v) is 8.95. The summed E-state index contributed by atoms with van der Waals surface area (Å²) in [6.07, 6.45) is 0.0464. The molecule has 0 heterocycles. The Balaban J connectivity index is 1.67. The Morgan fingerprint density at radius 2 is 1.44 bits per heavy atom. The maximum absolute atomic E-state index is 12.0. The van der Waals surface area contributed by atoms with Gasteiger partial charge >= 0.3 is 0 Å². The lowest BCUT2D eigenvalue weighted by molar-refractivity contribution is -0.126. The second-order valence-corrected chi connectivity index (χ2v) is 6.54. The maximum atomic E-state index is 12.0. The van der Waals surface area contributed by atoms with Crippen molar-refractivity contribution >= 4 is 17.7 Å². The molecule has 2 rings (SSSR count). The number of hydrogen-bond acceptors (Lipinski definition) is 3. The summed E-state index contributed by atoms with van der Waals surface area (Å²) < 4.78 is 0. The Hall–Kier alpha value is -3.15. The highest BCUT2D eigenvalue weighted by Gasteiger charge is 2.10. The molecule has 0 atom stereocenters. The minimum absolute atomic E-state index is 0.00676. The van der Waals surface area contributed by atoms with E-state index in [0.717, 1.165) is 11.1 Å². The molecule has 3 amide bonds. The molecule has 142 valence electrons. The summed E-state index contributed by atoms with van der Waals surface area (Å²) in [4.78, 5) is 35.6. The highest BCUT2D eigenvalue weighted by atomic mass is 16.2. The number of carbonyl (C=O) groups is 3. The van der Waals surface area contributed by atoms with Crippen molar-refractivity contribution < 1.29 is 14.4 Å². The predicted molar refractivity (Wildman–Crippen MR) is 104 cm³/mol. The van der Waals surface area contributed by atoms with Crippen molar-refractivity contribution in [2.75, 3.05) is 0 Å². The van der Waals surface area contributed by atoms with Gasteiger partial charge in [-0.25, -0.2) is 0 Å². The largest absolute Gasteiger partial charge is 0.352 e. The van der Waals surface area contributed by atoms with Crippen LogP contribution in [0.1, 0.15) is 54.1 Å². The van der Waals surface area contributed by atoms with Crippen LogP contribution in [0.5, 0.6) is 0 Å². The zero-order valence-corrected chi connectivity index (χ0v) is 15.6. The van der Waals surface area contributed by atoms with Crippen molar-refractivity contribution in [3.8, 4) is 0 Å². The van der Waals surface area contributed by atoms with E-state index in [-0.39, 0.29) is 18.7 Å². The lowest BCUT2D eigenvalue weighted by atomic mass is 10.0. The van der Waals surface area contributed by atoms with E-state index in [9.17, 15) is 14.4 Å². The standard InChI is InChI=1S/C21H25N3O3/c1-15(2)17-8-10-18(11-9-17)21(27)24-23-20(26)13-12-19(25)22-14-16-6-4-3-5-7-16/h3-11,15H,12-14H2,1-2H3,(H,22,25)(H,23,26)(H,24,27). The number of amides is 3. The first-order valence-electron chi connectivity index (χ1n) is 8.95. The molecule has 2 aromatic carbocycles. The Morgan fingerprint density at radius 3 is 2.07 bits per heavy atom. The molecular formula is C21H25N3O3. The molecule has 6 heteroatoms. The Morgan fingerprint density at radius 1 is 0.815 bits per heavy atom. The van der Waals surface area contributed by atoms with Crippen LogP contribution in [0.2, 0.25) is 0 Å². The molecule has 0 bridgehead atoms. The van der Waals surface area contributed by atoms with E-state index in [1.54, 1.807) is 12.1 Å². The number of hydrogen-bond donors (Lipinski definition) is 3. The van der Waals surface area contributed by atoms with Gasteiger partial charge in [0, 0.05) is 24.9 Å². The van der Waals surface area contributed by atoms with Crippen LogP contribution in [-0.4, -0.2) is 17.7 Å². The van der Waals surface area contributed by atoms with Gasteiger partial charge in [0.15, 0.2) is 0 Å². The van der Waals surface area contributed by atoms with Gasteiger partial charge in [0.1, 0.15) is 0 Å². The first-order chi connectivity index (χ1) is 13.0. The number of nitrogens with one attached hydrogen (secondary N) is 3. The van der Waals surface area contributed by atoms with Crippen molar-refractivity contribution in [1.82, 2.24) is 16.2 Å². The molecule has 0 saturated heterocycles. The molecule has 0 spiro atoms. The molecule has 0 radical (unpaired) electrons. The fraction of sp³-hybridized carbons (Fsp3) is 0.286. The molecular weight excluding hydrogens is 342 g/mol. The average molecular weight is 367 g/mol. The highest BCUT2D eigenvalue weighted by Crippen LogP contribution is 2.14. The second kappa shape index (κ2) is 10.1. The molecule has 0 saturated carbocycles. The van der Waals surface area contributed by atoms with Gasteiger partial charge in [0.25, 0.3) is 5.91 Å². The third kappa shape index (κ3) is 6.93. The molecule has 27 heavy (non-hydrogen) atoms. The molecule has 0 aliphatic rings. The fourth-order valence-electron chi connectivity index (χ4n) is 2.39. The van der Waals surface area contributed by atoms with Crippen LogP contribution in [0, 0.1) is 0 Å². The van der Waals surface area contributed by atoms with E-state index in [0.29, 0.717) is 18.0 Å². The van der Waals surface area contributed by atoms with Gasteiger partial charge in [-0.1, -0.05) is 56.3 Å². The smallest absolute Gasteiger partial charge is 0.269 e. The quantitative estimate of drug-likeness (QED) is 0.658. The zero-order valence-electron chi connectivity index (χ0n) is 15.6. The van der Waals surface area contributed by atoms with Gasteiger partial charge in [-0.2, -0.15) is 0 Å². The lowest BCUT2D eigenvalue weighted by Crippen LogP contribution is -2.42. The van der Waals surface area contributed by atoms with Crippen LogP contribution in [0.25, 0.3) is 0 Å². The van der Waals surface area contributed by atoms with Crippen LogP contribution in [0.3, 0.4) is 0 Å². The monoisotopic (exact) mass is 367 g/mol. The third-order valence-corrected chi connectivity index (χ3v) is 4.07. The molecule has 0 unspecified atom stereocenters. The van der Waals surface area contributed by atoms with E-state index < -0.39 is 11.8 Å². The van der Waals surface area contributed by atoms with Gasteiger partial charge in [-0.05, 0) is 29.2 Å². The summed E-state index contributed by atoms with van der Waals surface area (Å²) in [6, 6.07) is 16.7. The summed E-state index contributed by atoms with van der Waals surface area (Å²) in [5.41, 5.74) is 7.27. The summed E-state index contributed by atoms with van der Waals surface area (Å²) in [5.74, 6) is -0.649. The number of hydrazine groups is 1. The Labute approximate surface area is 159 Å². The SMILES string of the molecule is CC(C)c1ccc(C(=O)NNC(=O)CCC(=O)NCc2ccccc2)cc1. The van der Waals surface area contributed by atoms with Crippen molar-refractivity contribution in [1.29, 1.82) is 0 Å². The van der Waals surface area contributed by atoms with Crippen LogP contribution in [0.15, 0.2) is 54.6 Å². The van der Waals surface area contributed by atoms with Crippen LogP contribution in [0.4, 0.5) is 0 Å². The number of carbonyl (C=O) groups excluding carboxylic acids is 3. The predicted octanol–water partition coefficient (Wildman–Crippen LogP) is 2.67. The van der Waals surface area contributed by atoms with Crippen LogP contribution < -0.4 is 16.2 Å². The highest BCUT2D eigenvalue weighted by molar-refractivity contribution is 5.95. The van der Waals surface area contributed by atoms with Crippen molar-refractivity contribution in [2.45, 2.75) is 39.2 Å². The van der Waals surface area contributed by atoms with Gasteiger partial charge in [-0.3, -0.25) is 25.2 Å². The summed E-state index contributed by atoms with van der Waals surface area (Å²) in [7, 11) is 0. The van der Waals surface area contributed by atoms with Crippen molar-refractivity contribution in [2.24, 2.45) is 0 Å². The average Bonchev–Trinajstić information content (AvgIpc) is 2.69. The Kier molecular flexibility index (Phi) is 7.55. The topological polar surface area (TPSA) is 87.3 Å². The first kappa shape index (κ1) is 20.2. The third-order valence-electron chi connectivity index (χ3n) is 4.07. The molecule has 0 aromatic heterocycles.